The Bertz CT molecular complexity index is 1160. The number of benzene rings is 1. The first-order valence-corrected chi connectivity index (χ1v) is 13.4. The van der Waals surface area contributed by atoms with Crippen molar-refractivity contribution in [3.63, 3.8) is 0 Å². The number of aliphatic hydroxyl groups excluding tert-OH is 1. The zero-order valence-electron chi connectivity index (χ0n) is 23.9. The van der Waals surface area contributed by atoms with Gasteiger partial charge in [-0.25, -0.2) is 9.78 Å². The normalized spacial score (nSPS) is 14.6. The van der Waals surface area contributed by atoms with Gasteiger partial charge in [-0.1, -0.05) is 19.4 Å². The fourth-order valence-electron chi connectivity index (χ4n) is 4.51. The second-order valence-electron chi connectivity index (χ2n) is 10.8. The zero-order valence-corrected chi connectivity index (χ0v) is 23.9. The van der Waals surface area contributed by atoms with E-state index in [0.29, 0.717) is 49.7 Å². The van der Waals surface area contributed by atoms with E-state index in [1.165, 1.54) is 0 Å². The van der Waals surface area contributed by atoms with Crippen LogP contribution >= 0.6 is 0 Å². The predicted octanol–water partition coefficient (Wildman–Crippen LogP) is 3.23. The van der Waals surface area contributed by atoms with Crippen LogP contribution in [0.3, 0.4) is 0 Å². The quantitative estimate of drug-likeness (QED) is 0.435. The van der Waals surface area contributed by atoms with Gasteiger partial charge in [0, 0.05) is 49.4 Å². The lowest BCUT2D eigenvalue weighted by molar-refractivity contribution is 0.0141. The Balaban J connectivity index is 1.75. The van der Waals surface area contributed by atoms with Gasteiger partial charge < -0.3 is 35.4 Å². The number of rotatable bonds is 9. The summed E-state index contributed by atoms with van der Waals surface area (Å²) in [6, 6.07) is 5.25. The molecule has 11 heteroatoms. The molecular weight excluding hydrogens is 500 g/mol. The van der Waals surface area contributed by atoms with Gasteiger partial charge in [0.2, 0.25) is 5.95 Å². The minimum absolute atomic E-state index is 0.0254. The lowest BCUT2D eigenvalue weighted by atomic mass is 10.0. The van der Waals surface area contributed by atoms with Gasteiger partial charge in [0.05, 0.1) is 19.8 Å². The first kappa shape index (κ1) is 29.9. The van der Waals surface area contributed by atoms with Crippen molar-refractivity contribution in [3.8, 4) is 5.75 Å². The van der Waals surface area contributed by atoms with Crippen molar-refractivity contribution in [1.29, 1.82) is 0 Å². The van der Waals surface area contributed by atoms with E-state index in [1.54, 1.807) is 29.0 Å². The zero-order chi connectivity index (χ0) is 28.7. The molecule has 1 saturated heterocycles. The van der Waals surface area contributed by atoms with Gasteiger partial charge in [-0.15, -0.1) is 0 Å². The minimum atomic E-state index is -0.563. The topological polar surface area (TPSA) is 143 Å². The van der Waals surface area contributed by atoms with E-state index in [4.69, 9.17) is 15.2 Å². The molecule has 3 rings (SSSR count). The molecule has 39 heavy (non-hydrogen) atoms. The molecular formula is C28H42N6O5. The number of aryl methyl sites for hydroxylation is 1. The van der Waals surface area contributed by atoms with Crippen molar-refractivity contribution in [2.75, 3.05) is 50.9 Å². The number of piperazine rings is 1. The van der Waals surface area contributed by atoms with Gasteiger partial charge in [0.15, 0.2) is 0 Å². The summed E-state index contributed by atoms with van der Waals surface area (Å²) in [7, 11) is 1.57. The molecule has 0 aliphatic carbocycles. The van der Waals surface area contributed by atoms with Crippen molar-refractivity contribution in [1.82, 2.24) is 19.8 Å². The van der Waals surface area contributed by atoms with E-state index in [9.17, 15) is 14.7 Å². The fraction of sp³-hybridized carbons (Fsp3) is 0.571. The summed E-state index contributed by atoms with van der Waals surface area (Å²) in [6.45, 7) is 11.1. The van der Waals surface area contributed by atoms with Gasteiger partial charge in [0.1, 0.15) is 17.2 Å². The molecule has 2 heterocycles. The smallest absolute Gasteiger partial charge is 0.410 e. The van der Waals surface area contributed by atoms with Crippen LogP contribution in [0.2, 0.25) is 0 Å². The number of methoxy groups -OCH3 is 1. The van der Waals surface area contributed by atoms with Gasteiger partial charge in [-0.3, -0.25) is 4.79 Å². The highest BCUT2D eigenvalue weighted by Crippen LogP contribution is 2.29. The third-order valence-corrected chi connectivity index (χ3v) is 6.55. The maximum atomic E-state index is 13.3. The van der Waals surface area contributed by atoms with Crippen LogP contribution in [0.1, 0.15) is 67.7 Å². The number of amides is 2. The average molecular weight is 543 g/mol. The number of nitrogens with zero attached hydrogens (tertiary/aromatic N) is 4. The molecule has 2 amide bonds. The molecule has 0 radical (unpaired) electrons. The summed E-state index contributed by atoms with van der Waals surface area (Å²) >= 11 is 0. The van der Waals surface area contributed by atoms with Crippen molar-refractivity contribution in [3.05, 3.63) is 40.6 Å². The third-order valence-electron chi connectivity index (χ3n) is 6.55. The second-order valence-corrected chi connectivity index (χ2v) is 10.8. The fourth-order valence-corrected chi connectivity index (χ4v) is 4.51. The lowest BCUT2D eigenvalue weighted by Crippen LogP contribution is -2.51. The van der Waals surface area contributed by atoms with Crippen molar-refractivity contribution < 1.29 is 24.2 Å². The summed E-state index contributed by atoms with van der Waals surface area (Å²) in [5, 5.41) is 13.1. The van der Waals surface area contributed by atoms with Crippen LogP contribution in [0, 0.1) is 6.92 Å². The Kier molecular flexibility index (Phi) is 9.96. The van der Waals surface area contributed by atoms with Gasteiger partial charge >= 0.3 is 6.09 Å². The van der Waals surface area contributed by atoms with Crippen LogP contribution in [0.5, 0.6) is 5.75 Å². The highest BCUT2D eigenvalue weighted by atomic mass is 16.6. The summed E-state index contributed by atoms with van der Waals surface area (Å²) < 4.78 is 11.1. The molecule has 11 nitrogen and oxygen atoms in total. The van der Waals surface area contributed by atoms with Crippen LogP contribution in [-0.2, 0) is 11.2 Å². The molecule has 1 aromatic heterocycles. The molecule has 1 aromatic carbocycles. The number of aliphatic hydroxyl groups is 1. The Morgan fingerprint density at radius 1 is 1.15 bits per heavy atom. The number of hydrogen-bond acceptors (Lipinski definition) is 9. The Hall–Kier alpha value is -3.60. The van der Waals surface area contributed by atoms with Gasteiger partial charge in [-0.2, -0.15) is 4.98 Å². The number of nitrogen functional groups attached to an aromatic ring is 1. The summed E-state index contributed by atoms with van der Waals surface area (Å²) in [5.74, 6) is 1.19. The number of hydrogen-bond donors (Lipinski definition) is 3. The van der Waals surface area contributed by atoms with E-state index in [1.807, 2.05) is 33.8 Å². The van der Waals surface area contributed by atoms with Gasteiger partial charge in [0.25, 0.3) is 5.91 Å². The van der Waals surface area contributed by atoms with Crippen LogP contribution in [-0.4, -0.2) is 88.4 Å². The van der Waals surface area contributed by atoms with Crippen LogP contribution in [0.15, 0.2) is 18.2 Å². The maximum Gasteiger partial charge on any atom is 0.410 e. The van der Waals surface area contributed by atoms with Crippen molar-refractivity contribution in [2.45, 2.75) is 65.5 Å². The minimum Gasteiger partial charge on any atom is -0.496 e. The molecule has 0 saturated carbocycles. The molecule has 1 aliphatic heterocycles. The summed E-state index contributed by atoms with van der Waals surface area (Å²) in [6.07, 6.45) is 1.78. The SMILES string of the molecule is CCC[C@@H](CO)Nc1nc(N)nc(C)c1Cc1ccc(C(=O)N2CCN(C(=O)OC(C)(C)C)CC2)cc1OC. The molecule has 214 valence electrons. The molecule has 1 fully saturated rings. The second kappa shape index (κ2) is 13.0. The van der Waals surface area contributed by atoms with Crippen LogP contribution < -0.4 is 15.8 Å². The number of nitrogens with one attached hydrogen (secondary N) is 1. The highest BCUT2D eigenvalue weighted by Gasteiger charge is 2.28. The monoisotopic (exact) mass is 542 g/mol. The largest absolute Gasteiger partial charge is 0.496 e. The molecule has 1 aliphatic rings. The van der Waals surface area contributed by atoms with E-state index in [2.05, 4.69) is 22.2 Å². The maximum absolute atomic E-state index is 13.3. The number of carbonyl (C=O) groups is 2. The van der Waals surface area contributed by atoms with Crippen LogP contribution in [0.25, 0.3) is 0 Å². The van der Waals surface area contributed by atoms with E-state index >= 15 is 0 Å². The standard InChI is InChI=1S/C28H42N6O5/c1-7-8-21(17-35)31-24-22(18(2)30-26(29)32-24)15-19-9-10-20(16-23(19)38-6)25(36)33-11-13-34(14-12-33)27(37)39-28(3,4)5/h9-10,16,21,35H,7-8,11-15,17H2,1-6H3,(H3,29,30,31,32)/t21-/m0/s1. The van der Waals surface area contributed by atoms with E-state index in [0.717, 1.165) is 29.7 Å². The molecule has 1 atom stereocenters. The third kappa shape index (κ3) is 7.95. The average Bonchev–Trinajstić information content (AvgIpc) is 2.89. The first-order valence-electron chi connectivity index (χ1n) is 13.4. The Labute approximate surface area is 230 Å². The Morgan fingerprint density at radius 3 is 2.41 bits per heavy atom. The number of aromatic nitrogens is 2. The lowest BCUT2D eigenvalue weighted by Gasteiger charge is -2.35. The van der Waals surface area contributed by atoms with Crippen molar-refractivity contribution in [2.24, 2.45) is 0 Å². The molecule has 0 bridgehead atoms. The molecule has 0 spiro atoms. The number of anilines is 2. The molecule has 2 aromatic rings. The van der Waals surface area contributed by atoms with Crippen molar-refractivity contribution >= 4 is 23.8 Å². The van der Waals surface area contributed by atoms with Crippen LogP contribution in [0.4, 0.5) is 16.6 Å². The summed E-state index contributed by atoms with van der Waals surface area (Å²) in [5.41, 5.74) is 8.30. The summed E-state index contributed by atoms with van der Waals surface area (Å²) in [4.78, 5) is 37.7. The number of ether oxygens (including phenoxy) is 2. The predicted molar refractivity (Wildman–Crippen MR) is 150 cm³/mol. The first-order chi connectivity index (χ1) is 18.4. The Morgan fingerprint density at radius 2 is 1.82 bits per heavy atom. The highest BCUT2D eigenvalue weighted by molar-refractivity contribution is 5.95. The number of carbonyl (C=O) groups excluding carboxylic acids is 2. The number of nitrogens with two attached hydrogens (primary N) is 1. The molecule has 0 unspecified atom stereocenters. The van der Waals surface area contributed by atoms with E-state index in [-0.39, 0.29) is 30.6 Å². The van der Waals surface area contributed by atoms with E-state index < -0.39 is 5.60 Å². The molecule has 4 N–H and O–H groups in total. The van der Waals surface area contributed by atoms with Gasteiger partial charge in [-0.05, 0) is 51.8 Å².